The standard InChI is InChI=1S/C40H28F3N2OS2.Pt/c1-39(2,3)21-22-16-18-25-24(20-22)17-19-27-31-32(40(41,42)43)35(44-33(37(31)48-36(25)27)23-10-5-4-6-11-23)28-13-9-15-30-34(28)45-38(47-30)26-12-7-8-14-29(26)46;/h4-10,12-20,46H,21H2,1-3H3;/q-1;. The molecule has 0 saturated carbocycles. The Morgan fingerprint density at radius 3 is 2.24 bits per heavy atom. The van der Waals surface area contributed by atoms with E-state index in [4.69, 9.17) is 9.97 Å². The van der Waals surface area contributed by atoms with Gasteiger partial charge in [-0.25, -0.2) is 4.98 Å². The van der Waals surface area contributed by atoms with Gasteiger partial charge in [0.15, 0.2) is 0 Å². The number of phenols is 1. The fourth-order valence-electron chi connectivity index (χ4n) is 6.51. The molecule has 0 amide bonds. The first-order valence-electron chi connectivity index (χ1n) is 15.5. The number of aromatic hydroxyl groups is 1. The molecule has 0 aliphatic rings. The largest absolute Gasteiger partial charge is 0.507 e. The van der Waals surface area contributed by atoms with E-state index in [1.807, 2.05) is 42.5 Å². The van der Waals surface area contributed by atoms with Crippen LogP contribution in [-0.2, 0) is 33.7 Å². The van der Waals surface area contributed by atoms with Crippen molar-refractivity contribution in [3.05, 3.63) is 114 Å². The van der Waals surface area contributed by atoms with Gasteiger partial charge in [0.2, 0.25) is 0 Å². The second-order valence-electron chi connectivity index (χ2n) is 13.2. The summed E-state index contributed by atoms with van der Waals surface area (Å²) in [6, 6.07) is 32.5. The van der Waals surface area contributed by atoms with E-state index in [2.05, 4.69) is 39.0 Å². The van der Waals surface area contributed by atoms with Gasteiger partial charge < -0.3 is 5.11 Å². The minimum Gasteiger partial charge on any atom is -0.507 e. The van der Waals surface area contributed by atoms with Gasteiger partial charge in [-0.1, -0.05) is 75.4 Å². The number of fused-ring (bicyclic) bond motifs is 6. The summed E-state index contributed by atoms with van der Waals surface area (Å²) in [6.07, 6.45) is -3.83. The Bertz CT molecular complexity index is 2530. The molecule has 3 heterocycles. The van der Waals surface area contributed by atoms with Gasteiger partial charge in [-0.3, -0.25) is 4.98 Å². The molecule has 8 rings (SSSR count). The van der Waals surface area contributed by atoms with E-state index >= 15 is 13.2 Å². The van der Waals surface area contributed by atoms with Crippen LogP contribution < -0.4 is 0 Å². The van der Waals surface area contributed by atoms with Crippen LogP contribution in [0.25, 0.3) is 74.2 Å². The van der Waals surface area contributed by atoms with Gasteiger partial charge in [0.1, 0.15) is 10.8 Å². The normalized spacial score (nSPS) is 12.3. The van der Waals surface area contributed by atoms with Crippen LogP contribution in [0.2, 0.25) is 0 Å². The molecule has 3 nitrogen and oxygen atoms in total. The Labute approximate surface area is 303 Å². The van der Waals surface area contributed by atoms with Crippen LogP contribution >= 0.6 is 22.7 Å². The molecule has 0 saturated heterocycles. The summed E-state index contributed by atoms with van der Waals surface area (Å²) in [5.41, 5.74) is 2.59. The SMILES string of the molecule is CC(C)(C)Cc1ccc2c(ccc3c2sc2c(-c4[c-]cccc4)nc(-c4cccc5sc(-c6ccccc6O)nc45)c(C(F)(F)F)c23)c1.[Pt]. The van der Waals surface area contributed by atoms with Crippen molar-refractivity contribution in [2.24, 2.45) is 5.41 Å². The van der Waals surface area contributed by atoms with E-state index in [0.717, 1.165) is 21.9 Å². The maximum atomic E-state index is 15.6. The second kappa shape index (κ2) is 12.3. The zero-order chi connectivity index (χ0) is 33.4. The summed E-state index contributed by atoms with van der Waals surface area (Å²) in [5.74, 6) is 0.0537. The molecular weight excluding hydrogens is 841 g/mol. The van der Waals surface area contributed by atoms with Gasteiger partial charge >= 0.3 is 6.18 Å². The smallest absolute Gasteiger partial charge is 0.419 e. The molecule has 49 heavy (non-hydrogen) atoms. The number of thiazole rings is 1. The number of hydrogen-bond acceptors (Lipinski definition) is 5. The molecule has 0 aliphatic carbocycles. The molecule has 3 aromatic heterocycles. The molecule has 5 aromatic carbocycles. The third kappa shape index (κ3) is 5.94. The van der Waals surface area contributed by atoms with E-state index in [0.29, 0.717) is 42.1 Å². The number of rotatable bonds is 4. The van der Waals surface area contributed by atoms with Crippen molar-refractivity contribution in [2.75, 3.05) is 0 Å². The van der Waals surface area contributed by atoms with Crippen molar-refractivity contribution in [2.45, 2.75) is 33.4 Å². The quantitative estimate of drug-likeness (QED) is 0.179. The summed E-state index contributed by atoms with van der Waals surface area (Å²) < 4.78 is 48.6. The summed E-state index contributed by atoms with van der Waals surface area (Å²) in [6.45, 7) is 6.57. The summed E-state index contributed by atoms with van der Waals surface area (Å²) >= 11 is 2.67. The van der Waals surface area contributed by atoms with E-state index in [1.54, 1.807) is 42.5 Å². The van der Waals surface area contributed by atoms with Crippen molar-refractivity contribution in [1.82, 2.24) is 9.97 Å². The van der Waals surface area contributed by atoms with Gasteiger partial charge in [0.05, 0.1) is 27.0 Å². The van der Waals surface area contributed by atoms with Crippen LogP contribution in [0.1, 0.15) is 31.9 Å². The summed E-state index contributed by atoms with van der Waals surface area (Å²) in [4.78, 5) is 9.66. The molecular formula is C40H28F3N2OPtS2-. The van der Waals surface area contributed by atoms with Crippen molar-refractivity contribution < 1.29 is 39.3 Å². The maximum Gasteiger partial charge on any atom is 0.419 e. The Kier molecular flexibility index (Phi) is 8.41. The van der Waals surface area contributed by atoms with E-state index in [9.17, 15) is 5.11 Å². The van der Waals surface area contributed by atoms with E-state index in [-0.39, 0.29) is 48.9 Å². The van der Waals surface area contributed by atoms with Gasteiger partial charge in [0.25, 0.3) is 0 Å². The van der Waals surface area contributed by atoms with Gasteiger partial charge in [-0.2, -0.15) is 13.2 Å². The number of benzene rings is 5. The van der Waals surface area contributed by atoms with E-state index in [1.165, 1.54) is 28.2 Å². The number of pyridine rings is 1. The number of alkyl halides is 3. The molecule has 0 aliphatic heterocycles. The first-order chi connectivity index (χ1) is 23.0. The minimum absolute atomic E-state index is 0. The monoisotopic (exact) mass is 868 g/mol. The third-order valence-electron chi connectivity index (χ3n) is 8.45. The van der Waals surface area contributed by atoms with Gasteiger partial charge in [-0.15, -0.1) is 58.6 Å². The second-order valence-corrected chi connectivity index (χ2v) is 15.2. The minimum atomic E-state index is -4.72. The topological polar surface area (TPSA) is 46.0 Å². The molecule has 0 radical (unpaired) electrons. The maximum absolute atomic E-state index is 15.6. The number of hydrogen-bond donors (Lipinski definition) is 1. The van der Waals surface area contributed by atoms with Gasteiger partial charge in [0, 0.05) is 52.5 Å². The molecule has 0 spiro atoms. The fourth-order valence-corrected chi connectivity index (χ4v) is 8.88. The molecule has 1 N–H and O–H groups in total. The first kappa shape index (κ1) is 33.4. The number of nitrogens with zero attached hydrogens (tertiary/aromatic N) is 2. The molecule has 0 bridgehead atoms. The zero-order valence-electron chi connectivity index (χ0n) is 26.6. The zero-order valence-corrected chi connectivity index (χ0v) is 30.5. The van der Waals surface area contributed by atoms with Crippen LogP contribution in [-0.4, -0.2) is 15.1 Å². The van der Waals surface area contributed by atoms with Crippen LogP contribution in [0.5, 0.6) is 5.75 Å². The van der Waals surface area contributed by atoms with Crippen molar-refractivity contribution in [1.29, 1.82) is 0 Å². The Hall–Kier alpha value is -4.10. The van der Waals surface area contributed by atoms with E-state index < -0.39 is 11.7 Å². The Balaban J connectivity index is 0.00000378. The predicted molar refractivity (Wildman–Crippen MR) is 193 cm³/mol. The molecule has 9 heteroatoms. The molecule has 8 aromatic rings. The first-order valence-corrected chi connectivity index (χ1v) is 17.1. The number of aromatic nitrogens is 2. The fraction of sp³-hybridized carbons (Fsp3) is 0.150. The number of para-hydroxylation sites is 2. The average molecular weight is 869 g/mol. The van der Waals surface area contributed by atoms with Crippen molar-refractivity contribution in [3.8, 4) is 38.8 Å². The van der Waals surface area contributed by atoms with Crippen LogP contribution in [0.3, 0.4) is 0 Å². The Morgan fingerprint density at radius 2 is 1.51 bits per heavy atom. The summed E-state index contributed by atoms with van der Waals surface area (Å²) in [5, 5.41) is 13.6. The third-order valence-corrected chi connectivity index (χ3v) is 10.8. The van der Waals surface area contributed by atoms with Crippen molar-refractivity contribution in [3.63, 3.8) is 0 Å². The molecule has 0 unspecified atom stereocenters. The van der Waals surface area contributed by atoms with Gasteiger partial charge in [-0.05, 0) is 46.4 Å². The van der Waals surface area contributed by atoms with Crippen LogP contribution in [0.4, 0.5) is 13.2 Å². The molecule has 248 valence electrons. The number of phenolic OH excluding ortho intramolecular Hbond substituents is 1. The number of halogens is 3. The Morgan fingerprint density at radius 1 is 0.755 bits per heavy atom. The van der Waals surface area contributed by atoms with Crippen LogP contribution in [0.15, 0.2) is 97.1 Å². The number of thiophene rings is 1. The van der Waals surface area contributed by atoms with Crippen LogP contribution in [0, 0.1) is 11.5 Å². The summed E-state index contributed by atoms with van der Waals surface area (Å²) in [7, 11) is 0. The molecule has 0 fully saturated rings. The van der Waals surface area contributed by atoms with Crippen molar-refractivity contribution >= 4 is 63.8 Å². The predicted octanol–water partition coefficient (Wildman–Crippen LogP) is 12.3. The average Bonchev–Trinajstić information content (AvgIpc) is 3.65. The molecule has 0 atom stereocenters.